The molecule has 0 bridgehead atoms. The Hall–Kier alpha value is -3.62. The van der Waals surface area contributed by atoms with E-state index < -0.39 is 6.03 Å². The highest BCUT2D eigenvalue weighted by Crippen LogP contribution is 2.32. The molecule has 9 nitrogen and oxygen atoms in total. The van der Waals surface area contributed by atoms with Crippen LogP contribution in [0.4, 0.5) is 16.3 Å². The number of nitrogens with zero attached hydrogens (tertiary/aromatic N) is 4. The summed E-state index contributed by atoms with van der Waals surface area (Å²) in [6.07, 6.45) is 6.38. The van der Waals surface area contributed by atoms with E-state index in [0.717, 1.165) is 0 Å². The zero-order valence-corrected chi connectivity index (χ0v) is 13.0. The van der Waals surface area contributed by atoms with E-state index in [1.165, 1.54) is 6.33 Å². The topological polar surface area (TPSA) is 103 Å². The third kappa shape index (κ3) is 3.34. The molecule has 126 valence electrons. The van der Waals surface area contributed by atoms with Crippen molar-refractivity contribution in [2.45, 2.75) is 0 Å². The van der Waals surface area contributed by atoms with Gasteiger partial charge in [0.15, 0.2) is 11.5 Å². The van der Waals surface area contributed by atoms with Crippen LogP contribution in [0.15, 0.2) is 49.3 Å². The first kappa shape index (κ1) is 14.9. The Kier molecular flexibility index (Phi) is 3.87. The maximum Gasteiger partial charge on any atom is 0.324 e. The maximum atomic E-state index is 12.2. The molecule has 0 saturated heterocycles. The Bertz CT molecular complexity index is 897. The molecule has 1 aliphatic heterocycles. The standard InChI is InChI=1S/C16H14N6O3/c23-16(20-11-1-2-12-13(7-11)25-6-5-24-12)21-14-8-15(19-9-18-14)22-4-3-17-10-22/h1-4,7-10H,5-6H2,(H2,18,19,20,21,23). The summed E-state index contributed by atoms with van der Waals surface area (Å²) in [6, 6.07) is 6.43. The van der Waals surface area contributed by atoms with Crippen molar-refractivity contribution < 1.29 is 14.3 Å². The van der Waals surface area contributed by atoms with Crippen LogP contribution in [0.3, 0.4) is 0 Å². The number of urea groups is 1. The number of aromatic nitrogens is 4. The molecule has 0 spiro atoms. The minimum atomic E-state index is -0.424. The SMILES string of the molecule is O=C(Nc1ccc2c(c1)OCCO2)Nc1cc(-n2ccnc2)ncn1. The van der Waals surface area contributed by atoms with Crippen LogP contribution in [0, 0.1) is 0 Å². The first-order valence-corrected chi connectivity index (χ1v) is 7.56. The number of nitrogens with one attached hydrogen (secondary N) is 2. The number of hydrogen-bond acceptors (Lipinski definition) is 6. The Morgan fingerprint density at radius 1 is 1.08 bits per heavy atom. The molecule has 2 aromatic heterocycles. The number of rotatable bonds is 3. The molecule has 9 heteroatoms. The van der Waals surface area contributed by atoms with Crippen LogP contribution in [-0.2, 0) is 0 Å². The van der Waals surface area contributed by atoms with E-state index in [1.54, 1.807) is 47.6 Å². The second kappa shape index (κ2) is 6.48. The Morgan fingerprint density at radius 2 is 1.96 bits per heavy atom. The molecule has 0 radical (unpaired) electrons. The van der Waals surface area contributed by atoms with Crippen LogP contribution in [-0.4, -0.2) is 38.8 Å². The summed E-state index contributed by atoms with van der Waals surface area (Å²) in [4.78, 5) is 24.3. The zero-order chi connectivity index (χ0) is 17.1. The van der Waals surface area contributed by atoms with Gasteiger partial charge in [-0.3, -0.25) is 9.88 Å². The van der Waals surface area contributed by atoms with Gasteiger partial charge in [0.05, 0.1) is 0 Å². The largest absolute Gasteiger partial charge is 0.486 e. The van der Waals surface area contributed by atoms with Crippen molar-refractivity contribution >= 4 is 17.5 Å². The van der Waals surface area contributed by atoms with E-state index in [4.69, 9.17) is 9.47 Å². The Labute approximate surface area is 142 Å². The lowest BCUT2D eigenvalue weighted by Gasteiger charge is -2.19. The lowest BCUT2D eigenvalue weighted by molar-refractivity contribution is 0.171. The van der Waals surface area contributed by atoms with Gasteiger partial charge in [-0.15, -0.1) is 0 Å². The second-order valence-corrected chi connectivity index (χ2v) is 5.17. The molecule has 0 saturated carbocycles. The first-order chi connectivity index (χ1) is 12.3. The molecular formula is C16H14N6O3. The third-order valence-electron chi connectivity index (χ3n) is 3.46. The van der Waals surface area contributed by atoms with Gasteiger partial charge >= 0.3 is 6.03 Å². The van der Waals surface area contributed by atoms with Crippen molar-refractivity contribution in [2.24, 2.45) is 0 Å². The summed E-state index contributed by atoms with van der Waals surface area (Å²) in [5, 5.41) is 5.40. The van der Waals surface area contributed by atoms with Crippen molar-refractivity contribution in [1.82, 2.24) is 19.5 Å². The number of carbonyl (C=O) groups is 1. The summed E-state index contributed by atoms with van der Waals surface area (Å²) in [6.45, 7) is 1.01. The number of ether oxygens (including phenoxy) is 2. The molecule has 4 rings (SSSR count). The highest BCUT2D eigenvalue weighted by atomic mass is 16.6. The van der Waals surface area contributed by atoms with Gasteiger partial charge in [-0.1, -0.05) is 0 Å². The van der Waals surface area contributed by atoms with Crippen LogP contribution >= 0.6 is 0 Å². The van der Waals surface area contributed by atoms with Crippen molar-refractivity contribution in [3.63, 3.8) is 0 Å². The molecule has 25 heavy (non-hydrogen) atoms. The highest BCUT2D eigenvalue weighted by molar-refractivity contribution is 5.99. The number of fused-ring (bicyclic) bond motifs is 1. The minimum absolute atomic E-state index is 0.369. The van der Waals surface area contributed by atoms with Crippen LogP contribution in [0.5, 0.6) is 11.5 Å². The average molecular weight is 338 g/mol. The van der Waals surface area contributed by atoms with Crippen molar-refractivity contribution in [3.8, 4) is 17.3 Å². The number of amides is 2. The van der Waals surface area contributed by atoms with Gasteiger partial charge in [-0.2, -0.15) is 0 Å². The zero-order valence-electron chi connectivity index (χ0n) is 13.0. The van der Waals surface area contributed by atoms with Crippen molar-refractivity contribution in [1.29, 1.82) is 0 Å². The molecule has 0 aliphatic carbocycles. The normalized spacial score (nSPS) is 12.5. The fourth-order valence-electron chi connectivity index (χ4n) is 2.35. The number of benzene rings is 1. The van der Waals surface area contributed by atoms with Crippen molar-refractivity contribution in [2.75, 3.05) is 23.8 Å². The quantitative estimate of drug-likeness (QED) is 0.758. The molecule has 3 aromatic rings. The van der Waals surface area contributed by atoms with Gasteiger partial charge in [0.1, 0.15) is 37.5 Å². The van der Waals surface area contributed by atoms with E-state index >= 15 is 0 Å². The summed E-state index contributed by atoms with van der Waals surface area (Å²) >= 11 is 0. The van der Waals surface area contributed by atoms with Gasteiger partial charge < -0.3 is 14.8 Å². The van der Waals surface area contributed by atoms with Crippen LogP contribution in [0.2, 0.25) is 0 Å². The van der Waals surface area contributed by atoms with Crippen LogP contribution in [0.1, 0.15) is 0 Å². The lowest BCUT2D eigenvalue weighted by Crippen LogP contribution is -2.21. The van der Waals surface area contributed by atoms with Gasteiger partial charge in [-0.25, -0.2) is 19.7 Å². The molecule has 0 atom stereocenters. The van der Waals surface area contributed by atoms with Crippen molar-refractivity contribution in [3.05, 3.63) is 49.3 Å². The van der Waals surface area contributed by atoms with E-state index in [1.807, 2.05) is 0 Å². The van der Waals surface area contributed by atoms with E-state index in [2.05, 4.69) is 25.6 Å². The fourth-order valence-corrected chi connectivity index (χ4v) is 2.35. The predicted molar refractivity (Wildman–Crippen MR) is 89.2 cm³/mol. The monoisotopic (exact) mass is 338 g/mol. The lowest BCUT2D eigenvalue weighted by atomic mass is 10.2. The molecule has 0 fully saturated rings. The minimum Gasteiger partial charge on any atom is -0.486 e. The van der Waals surface area contributed by atoms with E-state index in [9.17, 15) is 4.79 Å². The van der Waals surface area contributed by atoms with Crippen LogP contribution in [0.25, 0.3) is 5.82 Å². The van der Waals surface area contributed by atoms with E-state index in [-0.39, 0.29) is 0 Å². The maximum absolute atomic E-state index is 12.2. The van der Waals surface area contributed by atoms with Gasteiger partial charge in [0.2, 0.25) is 0 Å². The molecule has 3 heterocycles. The molecule has 2 N–H and O–H groups in total. The summed E-state index contributed by atoms with van der Waals surface area (Å²) in [5.74, 6) is 2.24. The molecule has 2 amide bonds. The third-order valence-corrected chi connectivity index (χ3v) is 3.46. The highest BCUT2D eigenvalue weighted by Gasteiger charge is 2.13. The number of carbonyl (C=O) groups excluding carboxylic acids is 1. The summed E-state index contributed by atoms with van der Waals surface area (Å²) in [7, 11) is 0. The number of imidazole rings is 1. The number of hydrogen-bond donors (Lipinski definition) is 2. The smallest absolute Gasteiger partial charge is 0.324 e. The van der Waals surface area contributed by atoms with Gasteiger partial charge in [0, 0.05) is 30.2 Å². The first-order valence-electron chi connectivity index (χ1n) is 7.56. The predicted octanol–water partition coefficient (Wildman–Crippen LogP) is 2.08. The van der Waals surface area contributed by atoms with E-state index in [0.29, 0.717) is 42.0 Å². The fraction of sp³-hybridized carbons (Fsp3) is 0.125. The van der Waals surface area contributed by atoms with Gasteiger partial charge in [0.25, 0.3) is 0 Å². The second-order valence-electron chi connectivity index (χ2n) is 5.17. The Morgan fingerprint density at radius 3 is 2.80 bits per heavy atom. The van der Waals surface area contributed by atoms with Gasteiger partial charge in [-0.05, 0) is 12.1 Å². The molecule has 1 aliphatic rings. The number of anilines is 2. The molecule has 0 unspecified atom stereocenters. The Balaban J connectivity index is 1.45. The average Bonchev–Trinajstić information content (AvgIpc) is 3.16. The molecular weight excluding hydrogens is 324 g/mol. The molecule has 1 aromatic carbocycles. The summed E-state index contributed by atoms with van der Waals surface area (Å²) < 4.78 is 12.7. The van der Waals surface area contributed by atoms with Crippen LogP contribution < -0.4 is 20.1 Å². The summed E-state index contributed by atoms with van der Waals surface area (Å²) in [5.41, 5.74) is 0.589.